The Morgan fingerprint density at radius 3 is 1.74 bits per heavy atom. The van der Waals surface area contributed by atoms with Crippen molar-refractivity contribution in [2.45, 2.75) is 0 Å². The van der Waals surface area contributed by atoms with Crippen LogP contribution in [0.2, 0.25) is 0 Å². The van der Waals surface area contributed by atoms with Gasteiger partial charge in [0.25, 0.3) is 0 Å². The summed E-state index contributed by atoms with van der Waals surface area (Å²) in [6.07, 6.45) is 2.94. The van der Waals surface area contributed by atoms with Crippen LogP contribution >= 0.6 is 0 Å². The van der Waals surface area contributed by atoms with Gasteiger partial charge in [0.2, 0.25) is 0 Å². The minimum Gasteiger partial charge on any atom is -0.386 e. The van der Waals surface area contributed by atoms with Gasteiger partial charge in [-0.3, -0.25) is 0 Å². The second-order valence-electron chi connectivity index (χ2n) is 4.43. The molecule has 0 amide bonds. The Balaban J connectivity index is 0.00000110. The van der Waals surface area contributed by atoms with Crippen molar-refractivity contribution in [2.75, 3.05) is 0 Å². The molecule has 2 heteroatoms. The molecule has 0 aliphatic rings. The van der Waals surface area contributed by atoms with Gasteiger partial charge >= 0.3 is 20.1 Å². The maximum Gasteiger partial charge on any atom is 3.00 e. The summed E-state index contributed by atoms with van der Waals surface area (Å²) < 4.78 is 0. The molecular formula is C17H10IrN+2. The zero-order valence-corrected chi connectivity index (χ0v) is 12.4. The maximum absolute atomic E-state index is 4.43. The molecule has 3 aromatic carbocycles. The van der Waals surface area contributed by atoms with Crippen molar-refractivity contribution < 1.29 is 20.1 Å². The Labute approximate surface area is 124 Å². The van der Waals surface area contributed by atoms with E-state index in [1.165, 1.54) is 26.9 Å². The normalized spacial score (nSPS) is 10.7. The van der Waals surface area contributed by atoms with Crippen LogP contribution in [-0.2, 0) is 20.1 Å². The predicted octanol–water partition coefficient (Wildman–Crippen LogP) is 4.34. The van der Waals surface area contributed by atoms with E-state index >= 15 is 0 Å². The molecule has 0 aliphatic carbocycles. The average Bonchev–Trinajstić information content (AvgIpc) is 2.48. The monoisotopic (exact) mass is 421 g/mol. The van der Waals surface area contributed by atoms with E-state index in [-0.39, 0.29) is 20.1 Å². The van der Waals surface area contributed by atoms with E-state index < -0.39 is 0 Å². The van der Waals surface area contributed by atoms with E-state index in [1.807, 2.05) is 6.07 Å². The Kier molecular flexibility index (Phi) is 3.06. The van der Waals surface area contributed by atoms with Crippen molar-refractivity contribution >= 4 is 32.4 Å². The Bertz CT molecular complexity index is 663. The molecule has 0 saturated heterocycles. The van der Waals surface area contributed by atoms with Gasteiger partial charge in [-0.15, -0.1) is 5.39 Å². The van der Waals surface area contributed by atoms with E-state index in [0.29, 0.717) is 0 Å². The minimum atomic E-state index is 0. The van der Waals surface area contributed by atoms with Gasteiger partial charge in [-0.05, 0) is 27.1 Å². The summed E-state index contributed by atoms with van der Waals surface area (Å²) in [6, 6.07) is 20.9. The van der Waals surface area contributed by atoms with Crippen molar-refractivity contribution in [3.8, 4) is 0 Å². The summed E-state index contributed by atoms with van der Waals surface area (Å²) in [4.78, 5) is 4.43. The molecular weight excluding hydrogens is 410 g/mol. The van der Waals surface area contributed by atoms with Crippen LogP contribution in [0, 0.1) is 6.20 Å². The summed E-state index contributed by atoms with van der Waals surface area (Å²) >= 11 is 0. The number of rotatable bonds is 0. The topological polar surface area (TPSA) is 12.9 Å². The molecule has 0 fully saturated rings. The van der Waals surface area contributed by atoms with E-state index in [9.17, 15) is 0 Å². The summed E-state index contributed by atoms with van der Waals surface area (Å²) in [5.41, 5.74) is 1.03. The van der Waals surface area contributed by atoms with E-state index in [0.717, 1.165) is 5.52 Å². The molecule has 19 heavy (non-hydrogen) atoms. The van der Waals surface area contributed by atoms with Crippen LogP contribution in [-0.4, -0.2) is 4.98 Å². The molecule has 0 bridgehead atoms. The minimum absolute atomic E-state index is 0. The van der Waals surface area contributed by atoms with Crippen molar-refractivity contribution in [1.29, 1.82) is 0 Å². The van der Waals surface area contributed by atoms with Crippen LogP contribution in [0.4, 0.5) is 0 Å². The van der Waals surface area contributed by atoms with Crippen molar-refractivity contribution in [3.63, 3.8) is 0 Å². The number of fused-ring (bicyclic) bond motifs is 6. The first kappa shape index (κ1) is 12.3. The summed E-state index contributed by atoms with van der Waals surface area (Å²) in [5, 5.41) is 6.19. The van der Waals surface area contributed by atoms with Gasteiger partial charge < -0.3 is 4.98 Å². The molecule has 0 N–H and O–H groups in total. The molecule has 90 valence electrons. The first-order valence-electron chi connectivity index (χ1n) is 6.01. The fraction of sp³-hybridized carbons (Fsp3) is 0. The molecule has 4 aromatic rings. The number of aromatic nitrogens is 1. The van der Waals surface area contributed by atoms with Crippen LogP contribution in [0.1, 0.15) is 0 Å². The smallest absolute Gasteiger partial charge is 0.386 e. The molecule has 0 saturated carbocycles. The predicted molar refractivity (Wildman–Crippen MR) is 75.6 cm³/mol. The molecule has 0 radical (unpaired) electrons. The summed E-state index contributed by atoms with van der Waals surface area (Å²) in [6.45, 7) is 0. The number of benzene rings is 3. The van der Waals surface area contributed by atoms with Gasteiger partial charge in [0.15, 0.2) is 0 Å². The van der Waals surface area contributed by atoms with Gasteiger partial charge in [-0.2, -0.15) is 12.1 Å². The van der Waals surface area contributed by atoms with E-state index in [4.69, 9.17) is 0 Å². The SMILES string of the molecule is [Ir+3].[c-]1ccc2c3ccccc3c3ccccc3c2n1. The second kappa shape index (κ2) is 4.73. The average molecular weight is 420 g/mol. The largest absolute Gasteiger partial charge is 3.00 e. The molecule has 1 heterocycles. The van der Waals surface area contributed by atoms with Crippen molar-refractivity contribution in [1.82, 2.24) is 4.98 Å². The van der Waals surface area contributed by atoms with E-state index in [2.05, 4.69) is 65.8 Å². The van der Waals surface area contributed by atoms with Crippen molar-refractivity contribution in [3.05, 3.63) is 66.9 Å². The molecule has 0 unspecified atom stereocenters. The van der Waals surface area contributed by atoms with Crippen molar-refractivity contribution in [2.24, 2.45) is 0 Å². The Morgan fingerprint density at radius 2 is 1.11 bits per heavy atom. The maximum atomic E-state index is 4.43. The third-order valence-electron chi connectivity index (χ3n) is 3.45. The molecule has 1 aromatic heterocycles. The molecule has 1 nitrogen and oxygen atoms in total. The number of hydrogen-bond donors (Lipinski definition) is 0. The quantitative estimate of drug-likeness (QED) is 0.305. The Morgan fingerprint density at radius 1 is 0.632 bits per heavy atom. The molecule has 0 spiro atoms. The second-order valence-corrected chi connectivity index (χ2v) is 4.43. The van der Waals surface area contributed by atoms with Crippen LogP contribution in [0.3, 0.4) is 0 Å². The first-order valence-corrected chi connectivity index (χ1v) is 6.01. The zero-order chi connectivity index (χ0) is 11.9. The number of nitrogens with zero attached hydrogens (tertiary/aromatic N) is 1. The van der Waals surface area contributed by atoms with Crippen LogP contribution < -0.4 is 0 Å². The standard InChI is InChI=1S/C17H10N.Ir/c1-2-7-14-12(6-1)13-8-3-4-9-15(13)17-16(14)10-5-11-18-17;/h1-10H;/q-1;+3. The fourth-order valence-electron chi connectivity index (χ4n) is 2.66. The Hall–Kier alpha value is -1.76. The summed E-state index contributed by atoms with van der Waals surface area (Å²) in [7, 11) is 0. The molecule has 0 aliphatic heterocycles. The zero-order valence-electron chi connectivity index (χ0n) is 10.1. The van der Waals surface area contributed by atoms with Gasteiger partial charge in [-0.1, -0.05) is 54.7 Å². The number of pyridine rings is 1. The third-order valence-corrected chi connectivity index (χ3v) is 3.45. The van der Waals surface area contributed by atoms with Gasteiger partial charge in [0.05, 0.1) is 0 Å². The third kappa shape index (κ3) is 1.76. The van der Waals surface area contributed by atoms with Gasteiger partial charge in [0, 0.05) is 0 Å². The first-order chi connectivity index (χ1) is 8.95. The number of hydrogen-bond acceptors (Lipinski definition) is 1. The van der Waals surface area contributed by atoms with E-state index in [1.54, 1.807) is 0 Å². The molecule has 4 rings (SSSR count). The summed E-state index contributed by atoms with van der Waals surface area (Å²) in [5.74, 6) is 0. The molecule has 0 atom stereocenters. The van der Waals surface area contributed by atoms with Crippen LogP contribution in [0.25, 0.3) is 32.4 Å². The fourth-order valence-corrected chi connectivity index (χ4v) is 2.66. The van der Waals surface area contributed by atoms with Gasteiger partial charge in [0.1, 0.15) is 0 Å². The van der Waals surface area contributed by atoms with Crippen LogP contribution in [0.5, 0.6) is 0 Å². The van der Waals surface area contributed by atoms with Crippen LogP contribution in [0.15, 0.2) is 60.7 Å². The van der Waals surface area contributed by atoms with Gasteiger partial charge in [-0.25, -0.2) is 0 Å².